The molecule has 18 heavy (non-hydrogen) atoms. The largest absolute Gasteiger partial charge is 0.478 e. The Morgan fingerprint density at radius 3 is 2.28 bits per heavy atom. The molecule has 0 radical (unpaired) electrons. The number of aromatic carboxylic acids is 1. The van der Waals surface area contributed by atoms with Crippen molar-refractivity contribution in [3.63, 3.8) is 0 Å². The second-order valence-electron chi connectivity index (χ2n) is 3.84. The Morgan fingerprint density at radius 2 is 1.72 bits per heavy atom. The monoisotopic (exact) mass is 259 g/mol. The molecule has 2 aromatic rings. The van der Waals surface area contributed by atoms with Gasteiger partial charge >= 0.3 is 5.97 Å². The molecule has 0 saturated carbocycles. The van der Waals surface area contributed by atoms with Gasteiger partial charge in [0.2, 0.25) is 0 Å². The first kappa shape index (κ1) is 12.5. The minimum atomic E-state index is -0.913. The third-order valence-corrected chi connectivity index (χ3v) is 3.49. The highest BCUT2D eigenvalue weighted by Gasteiger charge is 2.05. The fourth-order valence-electron chi connectivity index (χ4n) is 1.70. The van der Waals surface area contributed by atoms with Gasteiger partial charge < -0.3 is 10.8 Å². The van der Waals surface area contributed by atoms with E-state index in [1.807, 2.05) is 24.5 Å². The van der Waals surface area contributed by atoms with Crippen molar-refractivity contribution in [3.05, 3.63) is 48.0 Å². The van der Waals surface area contributed by atoms with Gasteiger partial charge in [0.05, 0.1) is 5.56 Å². The molecule has 0 atom stereocenters. The molecule has 0 amide bonds. The third-order valence-electron chi connectivity index (χ3n) is 2.70. The summed E-state index contributed by atoms with van der Waals surface area (Å²) in [6.45, 7) is 0. The number of nitrogen functional groups attached to an aromatic ring is 1. The quantitative estimate of drug-likeness (QED) is 0.655. The number of benzene rings is 2. The van der Waals surface area contributed by atoms with Crippen LogP contribution in [0.25, 0.3) is 11.1 Å². The highest BCUT2D eigenvalue weighted by molar-refractivity contribution is 7.98. The van der Waals surface area contributed by atoms with Gasteiger partial charge in [-0.3, -0.25) is 0 Å². The lowest BCUT2D eigenvalue weighted by Gasteiger charge is -2.07. The van der Waals surface area contributed by atoms with E-state index in [2.05, 4.69) is 0 Å². The molecular weight excluding hydrogens is 246 g/mol. The number of anilines is 1. The van der Waals surface area contributed by atoms with Gasteiger partial charge in [0.1, 0.15) is 0 Å². The van der Waals surface area contributed by atoms with E-state index in [1.165, 1.54) is 0 Å². The fourth-order valence-corrected chi connectivity index (χ4v) is 2.24. The van der Waals surface area contributed by atoms with E-state index in [-0.39, 0.29) is 0 Å². The number of thioether (sulfide) groups is 1. The molecule has 0 fully saturated rings. The van der Waals surface area contributed by atoms with Crippen LogP contribution in [0, 0.1) is 0 Å². The maximum absolute atomic E-state index is 10.8. The van der Waals surface area contributed by atoms with Crippen LogP contribution in [-0.4, -0.2) is 17.3 Å². The van der Waals surface area contributed by atoms with Crippen molar-refractivity contribution in [1.82, 2.24) is 0 Å². The summed E-state index contributed by atoms with van der Waals surface area (Å²) in [5.41, 5.74) is 8.91. The lowest BCUT2D eigenvalue weighted by Crippen LogP contribution is -1.95. The number of hydrogen-bond donors (Lipinski definition) is 2. The van der Waals surface area contributed by atoms with Gasteiger partial charge in [0, 0.05) is 10.6 Å². The molecule has 3 N–H and O–H groups in total. The number of carboxylic acid groups (broad SMARTS) is 1. The maximum Gasteiger partial charge on any atom is 0.335 e. The Morgan fingerprint density at radius 1 is 1.11 bits per heavy atom. The van der Waals surface area contributed by atoms with Crippen LogP contribution in [0.1, 0.15) is 10.4 Å². The van der Waals surface area contributed by atoms with Gasteiger partial charge in [0.25, 0.3) is 0 Å². The Labute approximate surface area is 110 Å². The molecule has 2 aromatic carbocycles. The number of carboxylic acids is 1. The van der Waals surface area contributed by atoms with Gasteiger partial charge in [-0.2, -0.15) is 0 Å². The zero-order chi connectivity index (χ0) is 13.1. The molecule has 2 rings (SSSR count). The topological polar surface area (TPSA) is 63.3 Å². The van der Waals surface area contributed by atoms with Crippen LogP contribution >= 0.6 is 11.8 Å². The Balaban J connectivity index is 2.39. The highest BCUT2D eigenvalue weighted by Crippen LogP contribution is 2.29. The normalized spacial score (nSPS) is 10.3. The average Bonchev–Trinajstić information content (AvgIpc) is 2.39. The van der Waals surface area contributed by atoms with Crippen molar-refractivity contribution in [3.8, 4) is 11.1 Å². The Bertz CT molecular complexity index is 579. The third kappa shape index (κ3) is 2.49. The van der Waals surface area contributed by atoms with Crippen molar-refractivity contribution in [2.45, 2.75) is 4.90 Å². The van der Waals surface area contributed by atoms with E-state index < -0.39 is 5.97 Å². The Hall–Kier alpha value is -1.94. The summed E-state index contributed by atoms with van der Waals surface area (Å²) in [6.07, 6.45) is 1.98. The fraction of sp³-hybridized carbons (Fsp3) is 0.0714. The Kier molecular flexibility index (Phi) is 3.58. The van der Waals surface area contributed by atoms with Gasteiger partial charge in [-0.1, -0.05) is 18.2 Å². The number of carbonyl (C=O) groups is 1. The molecule has 3 nitrogen and oxygen atoms in total. The highest BCUT2D eigenvalue weighted by atomic mass is 32.2. The predicted octanol–water partition coefficient (Wildman–Crippen LogP) is 3.36. The minimum Gasteiger partial charge on any atom is -0.478 e. The summed E-state index contributed by atoms with van der Waals surface area (Å²) in [7, 11) is 0. The molecule has 0 unspecified atom stereocenters. The molecule has 0 aromatic heterocycles. The molecule has 0 heterocycles. The zero-order valence-corrected chi connectivity index (χ0v) is 10.7. The van der Waals surface area contributed by atoms with Crippen molar-refractivity contribution >= 4 is 23.4 Å². The van der Waals surface area contributed by atoms with Crippen LogP contribution in [-0.2, 0) is 0 Å². The predicted molar refractivity (Wildman–Crippen MR) is 75.0 cm³/mol. The molecule has 0 aliphatic rings. The molecule has 4 heteroatoms. The summed E-state index contributed by atoms with van der Waals surface area (Å²) in [5.74, 6) is -0.913. The van der Waals surface area contributed by atoms with Gasteiger partial charge in [0.15, 0.2) is 0 Å². The van der Waals surface area contributed by atoms with E-state index >= 15 is 0 Å². The first-order valence-corrected chi connectivity index (χ1v) is 6.61. The lowest BCUT2D eigenvalue weighted by atomic mass is 10.0. The molecule has 0 aliphatic carbocycles. The number of hydrogen-bond acceptors (Lipinski definition) is 3. The van der Waals surface area contributed by atoms with Gasteiger partial charge in [-0.15, -0.1) is 11.8 Å². The van der Waals surface area contributed by atoms with E-state index in [0.29, 0.717) is 5.56 Å². The minimum absolute atomic E-state index is 0.291. The maximum atomic E-state index is 10.8. The van der Waals surface area contributed by atoms with Crippen molar-refractivity contribution < 1.29 is 9.90 Å². The van der Waals surface area contributed by atoms with Gasteiger partial charge in [-0.25, -0.2) is 4.79 Å². The zero-order valence-electron chi connectivity index (χ0n) is 9.88. The van der Waals surface area contributed by atoms with Crippen LogP contribution in [0.2, 0.25) is 0 Å². The second kappa shape index (κ2) is 5.14. The summed E-state index contributed by atoms with van der Waals surface area (Å²) in [5, 5.41) is 8.84. The summed E-state index contributed by atoms with van der Waals surface area (Å²) in [6, 6.07) is 12.6. The summed E-state index contributed by atoms with van der Waals surface area (Å²) >= 11 is 1.59. The second-order valence-corrected chi connectivity index (χ2v) is 4.69. The standard InChI is InChI=1S/C14H13NO2S/c1-18-13-8-11(6-7-12(13)15)9-2-4-10(5-3-9)14(16)17/h2-8H,15H2,1H3,(H,16,17). The van der Waals surface area contributed by atoms with Crippen LogP contribution in [0.3, 0.4) is 0 Å². The smallest absolute Gasteiger partial charge is 0.335 e. The van der Waals surface area contributed by atoms with Crippen LogP contribution in [0.15, 0.2) is 47.4 Å². The molecule has 0 saturated heterocycles. The average molecular weight is 259 g/mol. The van der Waals surface area contributed by atoms with Gasteiger partial charge in [-0.05, 0) is 41.6 Å². The van der Waals surface area contributed by atoms with E-state index in [9.17, 15) is 4.79 Å². The van der Waals surface area contributed by atoms with Crippen LogP contribution < -0.4 is 5.73 Å². The van der Waals surface area contributed by atoms with Crippen LogP contribution in [0.4, 0.5) is 5.69 Å². The first-order valence-electron chi connectivity index (χ1n) is 5.39. The lowest BCUT2D eigenvalue weighted by molar-refractivity contribution is 0.0697. The first-order chi connectivity index (χ1) is 8.61. The molecule has 92 valence electrons. The van der Waals surface area contributed by atoms with Crippen molar-refractivity contribution in [1.29, 1.82) is 0 Å². The van der Waals surface area contributed by atoms with E-state index in [4.69, 9.17) is 10.8 Å². The van der Waals surface area contributed by atoms with E-state index in [1.54, 1.807) is 36.0 Å². The van der Waals surface area contributed by atoms with Crippen molar-refractivity contribution in [2.24, 2.45) is 0 Å². The SMILES string of the molecule is CSc1cc(-c2ccc(C(=O)O)cc2)ccc1N. The summed E-state index contributed by atoms with van der Waals surface area (Å²) < 4.78 is 0. The molecule has 0 spiro atoms. The van der Waals surface area contributed by atoms with Crippen molar-refractivity contribution in [2.75, 3.05) is 12.0 Å². The molecule has 0 bridgehead atoms. The molecule has 0 aliphatic heterocycles. The summed E-state index contributed by atoms with van der Waals surface area (Å²) in [4.78, 5) is 11.8. The van der Waals surface area contributed by atoms with E-state index in [0.717, 1.165) is 21.7 Å². The molecular formula is C14H13NO2S. The number of nitrogens with two attached hydrogens (primary N) is 1. The van der Waals surface area contributed by atoms with Crippen LogP contribution in [0.5, 0.6) is 0 Å². The number of rotatable bonds is 3.